The van der Waals surface area contributed by atoms with Gasteiger partial charge in [-0.25, -0.2) is 26.9 Å². The third kappa shape index (κ3) is 16.7. The molecule has 1 saturated heterocycles. The number of nitrogens with two attached hydrogens (primary N) is 1. The van der Waals surface area contributed by atoms with E-state index in [1.807, 2.05) is 25.2 Å². The summed E-state index contributed by atoms with van der Waals surface area (Å²) in [7, 11) is -26.6. The van der Waals surface area contributed by atoms with Gasteiger partial charge in [-0.2, -0.15) is 26.6 Å². The summed E-state index contributed by atoms with van der Waals surface area (Å²) in [5, 5.41) is 24.0. The van der Waals surface area contributed by atoms with Crippen molar-refractivity contribution in [3.8, 4) is 17.6 Å². The van der Waals surface area contributed by atoms with E-state index in [4.69, 9.17) is 25.0 Å². The van der Waals surface area contributed by atoms with Crippen molar-refractivity contribution in [1.82, 2.24) is 14.9 Å². The number of ether oxygens (including phenoxy) is 2. The number of rotatable bonds is 22. The summed E-state index contributed by atoms with van der Waals surface area (Å²) in [6.07, 6.45) is 7.13. The molecule has 2 aromatic carbocycles. The molecule has 1 aromatic heterocycles. The number of fused-ring (bicyclic) bond motifs is 3. The molecule has 7 atom stereocenters. The van der Waals surface area contributed by atoms with E-state index in [1.165, 1.54) is 18.2 Å². The molecule has 3 aromatic rings. The van der Waals surface area contributed by atoms with E-state index in [0.717, 1.165) is 46.5 Å². The van der Waals surface area contributed by atoms with Crippen LogP contribution in [0, 0.1) is 17.3 Å². The Balaban J connectivity index is 1.09. The Labute approximate surface area is 502 Å². The number of benzene rings is 2. The summed E-state index contributed by atoms with van der Waals surface area (Å²) in [5.41, 5.74) is 9.58. The van der Waals surface area contributed by atoms with Crippen LogP contribution in [0.2, 0.25) is 0 Å². The van der Waals surface area contributed by atoms with Gasteiger partial charge in [0.05, 0.1) is 44.7 Å². The number of anilines is 2. The predicted octanol–water partition coefficient (Wildman–Crippen LogP) is 5.20. The van der Waals surface area contributed by atoms with Crippen LogP contribution in [0.1, 0.15) is 110 Å². The molecule has 0 saturated carbocycles. The second kappa shape index (κ2) is 26.0. The van der Waals surface area contributed by atoms with Crippen molar-refractivity contribution in [2.75, 3.05) is 42.6 Å². The van der Waals surface area contributed by atoms with E-state index >= 15 is 0 Å². The van der Waals surface area contributed by atoms with Crippen LogP contribution in [0.4, 0.5) is 17.2 Å². The van der Waals surface area contributed by atoms with Crippen molar-refractivity contribution < 1.29 is 101 Å². The van der Waals surface area contributed by atoms with E-state index in [9.17, 15) is 69.2 Å². The van der Waals surface area contributed by atoms with Crippen LogP contribution in [-0.4, -0.2) is 137 Å². The second-order valence-electron chi connectivity index (χ2n) is 22.6. The number of allylic oxidation sites excluding steroid dienone is 9. The molecule has 1 amide bonds. The van der Waals surface area contributed by atoms with E-state index in [0.29, 0.717) is 27.3 Å². The Hall–Kier alpha value is -5.77. The lowest BCUT2D eigenvalue weighted by Crippen LogP contribution is -2.45. The van der Waals surface area contributed by atoms with Crippen LogP contribution in [-0.2, 0) is 62.0 Å². The van der Waals surface area contributed by atoms with Gasteiger partial charge in [-0.05, 0) is 82.9 Å². The Kier molecular flexibility index (Phi) is 20.5. The van der Waals surface area contributed by atoms with Gasteiger partial charge in [0.1, 0.15) is 42.2 Å². The Morgan fingerprint density at radius 3 is 2.33 bits per heavy atom. The highest BCUT2D eigenvalue weighted by molar-refractivity contribution is 7.86. The molecule has 0 spiro atoms. The third-order valence-electron chi connectivity index (χ3n) is 14.6. The number of aliphatic hydroxyl groups excluding tert-OH is 2. The molecule has 0 aliphatic carbocycles. The van der Waals surface area contributed by atoms with Gasteiger partial charge in [-0.15, -0.1) is 0 Å². The van der Waals surface area contributed by atoms with Gasteiger partial charge < -0.3 is 59.8 Å². The average Bonchev–Trinajstić information content (AvgIpc) is 1.73. The number of hydrogen-bond donors (Lipinski definition) is 9. The van der Waals surface area contributed by atoms with E-state index in [-0.39, 0.29) is 55.3 Å². The molecule has 28 nitrogen and oxygen atoms in total. The normalized spacial score (nSPS) is 23.1. The Morgan fingerprint density at radius 2 is 1.69 bits per heavy atom. The van der Waals surface area contributed by atoms with Crippen LogP contribution >= 0.6 is 23.5 Å². The molecule has 87 heavy (non-hydrogen) atoms. The van der Waals surface area contributed by atoms with Crippen molar-refractivity contribution in [2.45, 2.75) is 121 Å². The van der Waals surface area contributed by atoms with E-state index in [1.54, 1.807) is 22.8 Å². The first-order valence-corrected chi connectivity index (χ1v) is 34.4. The van der Waals surface area contributed by atoms with Gasteiger partial charge in [0.2, 0.25) is 11.6 Å². The van der Waals surface area contributed by atoms with Crippen LogP contribution in [0.25, 0.3) is 11.1 Å². The Morgan fingerprint density at radius 1 is 0.989 bits per heavy atom. The van der Waals surface area contributed by atoms with Crippen LogP contribution in [0.3, 0.4) is 0 Å². The molecule has 10 N–H and O–H groups in total. The molecule has 0 bridgehead atoms. The average molecular weight is 1310 g/mol. The highest BCUT2D eigenvalue weighted by Gasteiger charge is 2.49. The number of amides is 1. The van der Waals surface area contributed by atoms with Crippen molar-refractivity contribution in [2.24, 2.45) is 5.41 Å². The fourth-order valence-corrected chi connectivity index (χ4v) is 14.7. The summed E-state index contributed by atoms with van der Waals surface area (Å²) < 4.78 is 132. The second-order valence-corrected chi connectivity index (χ2v) is 29.9. The molecule has 4 aliphatic heterocycles. The number of phosphoric ester groups is 1. The van der Waals surface area contributed by atoms with Crippen molar-refractivity contribution in [3.05, 3.63) is 118 Å². The molecule has 1 fully saturated rings. The number of aromatic nitrogens is 2. The minimum atomic E-state index is -5.89. The smallest absolute Gasteiger partial charge is 0.490 e. The SMILES string of the molecule is CCN1c2cc3c(cc2C(C)=CC1(C)C)C(=CC=CC=CC1=[N+](CCCS(=O)(=O)[O-])c2ccc(S(=O)(=O)O)cc2C1(C)CCCC(=O)NCC#Cc1cn([C@@H]2O[C@H](COP(=O)(O)OP(=O)(O)OP(=O)(O)O)[C@@H](O)[C@H]2O)c(=O)nc1N)C=C(C(C)(C)C)O3. The molecule has 4 aliphatic rings. The third-order valence-corrected chi connectivity index (χ3v) is 20.0. The fourth-order valence-electron chi connectivity index (χ4n) is 10.6. The van der Waals surface area contributed by atoms with Crippen LogP contribution in [0.15, 0.2) is 94.5 Å². The number of nitrogens with one attached hydrogen (secondary N) is 1. The van der Waals surface area contributed by atoms with Crippen LogP contribution < -0.4 is 26.4 Å². The van der Waals surface area contributed by atoms with Crippen molar-refractivity contribution in [3.63, 3.8) is 0 Å². The first-order valence-electron chi connectivity index (χ1n) is 26.9. The lowest BCUT2D eigenvalue weighted by Gasteiger charge is -2.43. The first-order chi connectivity index (χ1) is 40.1. The number of nitrogen functional groups attached to an aromatic ring is 1. The highest BCUT2D eigenvalue weighted by atomic mass is 32.2. The zero-order valence-corrected chi connectivity index (χ0v) is 52.8. The van der Waals surface area contributed by atoms with Gasteiger partial charge >= 0.3 is 29.2 Å². The molecule has 33 heteroatoms. The van der Waals surface area contributed by atoms with Gasteiger partial charge in [-0.1, -0.05) is 63.0 Å². The number of carbonyl (C=O) groups excluding carboxylic acids is 1. The first kappa shape index (κ1) is 68.7. The number of nitrogens with zero attached hydrogens (tertiary/aromatic N) is 4. The number of aliphatic hydroxyl groups is 2. The quantitative estimate of drug-likeness (QED) is 0.0205. The standard InChI is InChI=1S/C54H69N6O22P3S2/c1-9-60-41-29-42-38(28-37(41)33(2)30-53(60,6)7)34(26-45(79-42)52(3,4)5)16-11-10-12-18-44-54(8,39-27-36(87(75,76)77)20-21-40(39)58(44)24-15-25-86(72,73)74)22-13-19-46(61)56-23-14-17-35-31-59(51(64)57-49(35)55)50-48(63)47(62)43(80-50)32-78-84(68,69)82-85(70,71)81-83(65,66)67/h10-12,16,18,20-21,26-31,43,47-48,50,62-63H,9,13,15,19,22-25,32H2,1-8H3,(H8-,55,56,57,61,64,65,66,67,68,69,70,71,72,73,74,75,76,77)/t43-,47-,48-,50-,54?/m1/s1. The zero-order chi connectivity index (χ0) is 64.6. The topological polar surface area (TPSA) is 427 Å². The predicted molar refractivity (Wildman–Crippen MR) is 317 cm³/mol. The Bertz CT molecular complexity index is 3950. The number of carbonyl (C=O) groups is 1. The fraction of sp³-hybridized carbons (Fsp3) is 0.444. The van der Waals surface area contributed by atoms with Crippen LogP contribution in [0.5, 0.6) is 5.75 Å². The van der Waals surface area contributed by atoms with Crippen molar-refractivity contribution in [1.29, 1.82) is 0 Å². The monoisotopic (exact) mass is 1310 g/mol. The summed E-state index contributed by atoms with van der Waals surface area (Å²) >= 11 is 0. The highest BCUT2D eigenvalue weighted by Crippen LogP contribution is 2.66. The number of hydrogen-bond acceptors (Lipinski definition) is 20. The number of phosphoric acid groups is 3. The lowest BCUT2D eigenvalue weighted by molar-refractivity contribution is -0.437. The lowest BCUT2D eigenvalue weighted by atomic mass is 9.75. The maximum Gasteiger partial charge on any atom is 0.490 e. The minimum absolute atomic E-state index is 0.0134. The molecule has 474 valence electrons. The van der Waals surface area contributed by atoms with Gasteiger partial charge in [-0.3, -0.25) is 18.4 Å². The van der Waals surface area contributed by atoms with E-state index in [2.05, 4.69) is 107 Å². The summed E-state index contributed by atoms with van der Waals surface area (Å²) in [6.45, 7) is 15.9. The molecule has 3 unspecified atom stereocenters. The minimum Gasteiger partial charge on any atom is -0.748 e. The molecule has 0 radical (unpaired) electrons. The van der Waals surface area contributed by atoms with Gasteiger partial charge in [0, 0.05) is 77.3 Å². The molecular weight excluding hydrogens is 1240 g/mol. The van der Waals surface area contributed by atoms with Gasteiger partial charge in [0.15, 0.2) is 11.9 Å². The van der Waals surface area contributed by atoms with Crippen molar-refractivity contribution >= 4 is 83.7 Å². The largest absolute Gasteiger partial charge is 0.748 e. The maximum absolute atomic E-state index is 13.4. The molecular formula is C54H69N6O22P3S2. The summed E-state index contributed by atoms with van der Waals surface area (Å²) in [5.74, 6) is 5.18. The molecule has 7 rings (SSSR count). The summed E-state index contributed by atoms with van der Waals surface area (Å²) in [6, 6.07) is 8.25. The summed E-state index contributed by atoms with van der Waals surface area (Å²) in [4.78, 5) is 68.6. The zero-order valence-electron chi connectivity index (χ0n) is 48.5. The van der Waals surface area contributed by atoms with Gasteiger partial charge in [0.25, 0.3) is 10.1 Å². The van der Waals surface area contributed by atoms with E-state index < -0.39 is 108 Å². The maximum atomic E-state index is 13.4. The molecule has 5 heterocycles. The number of likely N-dealkylation sites (N-methyl/N-ethyl adjacent to an activating group) is 1.